The van der Waals surface area contributed by atoms with Crippen LogP contribution in [0.1, 0.15) is 43.6 Å². The Morgan fingerprint density at radius 1 is 1.14 bits per heavy atom. The topological polar surface area (TPSA) is 110 Å². The van der Waals surface area contributed by atoms with Gasteiger partial charge in [0.25, 0.3) is 5.91 Å². The van der Waals surface area contributed by atoms with E-state index < -0.39 is 29.5 Å². The molecule has 0 aliphatic carbocycles. The van der Waals surface area contributed by atoms with Crippen LogP contribution in [0.2, 0.25) is 0 Å². The van der Waals surface area contributed by atoms with Gasteiger partial charge in [0.15, 0.2) is 16.7 Å². The van der Waals surface area contributed by atoms with Gasteiger partial charge in [-0.25, -0.2) is 9.78 Å². The van der Waals surface area contributed by atoms with Gasteiger partial charge in [0.1, 0.15) is 0 Å². The van der Waals surface area contributed by atoms with Crippen LogP contribution in [0.15, 0.2) is 70.5 Å². The molecule has 1 N–H and O–H groups in total. The number of esters is 1. The quantitative estimate of drug-likeness (QED) is 0.308. The van der Waals surface area contributed by atoms with Crippen LogP contribution in [0.25, 0.3) is 10.2 Å². The zero-order valence-electron chi connectivity index (χ0n) is 19.1. The highest BCUT2D eigenvalue weighted by Crippen LogP contribution is 2.44. The monoisotopic (exact) mass is 488 g/mol. The Balaban J connectivity index is 1.67. The third kappa shape index (κ3) is 3.70. The summed E-state index contributed by atoms with van der Waals surface area (Å²) in [5.41, 5.74) is 3.46. The molecule has 9 heteroatoms. The summed E-state index contributed by atoms with van der Waals surface area (Å²) in [6, 6.07) is 12.3. The molecule has 0 bridgehead atoms. The first-order chi connectivity index (χ1) is 16.8. The summed E-state index contributed by atoms with van der Waals surface area (Å²) in [6.45, 7) is 3.92. The molecule has 4 aromatic rings. The number of methoxy groups -OCH3 is 1. The lowest BCUT2D eigenvalue weighted by Crippen LogP contribution is -2.31. The van der Waals surface area contributed by atoms with Crippen molar-refractivity contribution in [2.24, 2.45) is 0 Å². The van der Waals surface area contributed by atoms with Crippen molar-refractivity contribution in [3.05, 3.63) is 94.1 Å². The average Bonchev–Trinajstić information content (AvgIpc) is 3.57. The van der Waals surface area contributed by atoms with Crippen molar-refractivity contribution >= 4 is 44.3 Å². The van der Waals surface area contributed by atoms with E-state index in [4.69, 9.17) is 9.15 Å². The van der Waals surface area contributed by atoms with Crippen molar-refractivity contribution in [2.45, 2.75) is 19.9 Å². The lowest BCUT2D eigenvalue weighted by Gasteiger charge is -2.24. The smallest absolute Gasteiger partial charge is 0.337 e. The second kappa shape index (κ2) is 8.52. The van der Waals surface area contributed by atoms with Gasteiger partial charge in [-0.1, -0.05) is 29.5 Å². The minimum Gasteiger partial charge on any atom is -0.503 e. The minimum atomic E-state index is -0.978. The molecule has 5 rings (SSSR count). The zero-order valence-corrected chi connectivity index (χ0v) is 19.9. The number of benzene rings is 2. The number of Topliss-reactive ketones (excluding diaryl/α,β-unsaturated/α-hetero) is 1. The molecule has 2 aromatic heterocycles. The van der Waals surface area contributed by atoms with Gasteiger partial charge in [-0.15, -0.1) is 0 Å². The van der Waals surface area contributed by atoms with E-state index in [0.29, 0.717) is 16.3 Å². The number of carbonyl (C=O) groups excluding carboxylic acids is 3. The maximum absolute atomic E-state index is 13.4. The van der Waals surface area contributed by atoms with Crippen LogP contribution >= 0.6 is 11.3 Å². The molecule has 35 heavy (non-hydrogen) atoms. The van der Waals surface area contributed by atoms with Crippen molar-refractivity contribution in [3.8, 4) is 0 Å². The Kier molecular flexibility index (Phi) is 5.49. The summed E-state index contributed by atoms with van der Waals surface area (Å²) in [5.74, 6) is -2.54. The van der Waals surface area contributed by atoms with Gasteiger partial charge >= 0.3 is 5.97 Å². The molecule has 1 amide bonds. The van der Waals surface area contributed by atoms with Crippen LogP contribution in [0.3, 0.4) is 0 Å². The van der Waals surface area contributed by atoms with Crippen molar-refractivity contribution < 1.29 is 28.6 Å². The summed E-state index contributed by atoms with van der Waals surface area (Å²) in [6.07, 6.45) is 1.35. The zero-order chi connectivity index (χ0) is 24.9. The Morgan fingerprint density at radius 2 is 1.89 bits per heavy atom. The molecule has 0 saturated heterocycles. The highest BCUT2D eigenvalue weighted by Gasteiger charge is 2.46. The van der Waals surface area contributed by atoms with Crippen molar-refractivity contribution in [1.29, 1.82) is 0 Å². The summed E-state index contributed by atoms with van der Waals surface area (Å²) < 4.78 is 10.9. The second-order valence-corrected chi connectivity index (χ2v) is 9.19. The van der Waals surface area contributed by atoms with Crippen molar-refractivity contribution in [2.75, 3.05) is 12.0 Å². The van der Waals surface area contributed by atoms with Crippen molar-refractivity contribution in [3.63, 3.8) is 0 Å². The SMILES string of the molecule is COC(=O)c1ccc([C@H]2C(C(=O)c3ccco3)=C(O)C(=O)N2c2nc3c(C)cc(C)cc3s2)cc1. The molecule has 1 aliphatic rings. The molecule has 8 nitrogen and oxygen atoms in total. The van der Waals surface area contributed by atoms with Gasteiger partial charge in [-0.05, 0) is 60.9 Å². The van der Waals surface area contributed by atoms with E-state index in [1.807, 2.05) is 26.0 Å². The van der Waals surface area contributed by atoms with E-state index in [1.165, 1.54) is 35.7 Å². The Hall–Kier alpha value is -4.24. The number of furan rings is 1. The third-order valence-corrected chi connectivity index (χ3v) is 6.87. The number of carbonyl (C=O) groups is 3. The van der Waals surface area contributed by atoms with Crippen LogP contribution in [0, 0.1) is 13.8 Å². The number of aliphatic hydroxyl groups excluding tert-OH is 1. The molecule has 3 heterocycles. The van der Waals surface area contributed by atoms with Crippen LogP contribution < -0.4 is 4.90 Å². The number of aryl methyl sites for hydroxylation is 2. The standard InChI is InChI=1S/C26H20N2O6S/c1-13-11-14(2)20-18(12-13)35-26(27-20)28-21(15-6-8-16(9-7-15)25(32)33-3)19(23(30)24(28)31)22(29)17-5-4-10-34-17/h4-12,21,30H,1-3H3/t21-/m0/s1. The molecular formula is C26H20N2O6S. The number of ketones is 1. The van der Waals surface area contributed by atoms with Crippen LogP contribution in [0.4, 0.5) is 5.13 Å². The number of anilines is 1. The van der Waals surface area contributed by atoms with Crippen molar-refractivity contribution in [1.82, 2.24) is 4.98 Å². The van der Waals surface area contributed by atoms with E-state index in [2.05, 4.69) is 4.98 Å². The molecule has 176 valence electrons. The fourth-order valence-electron chi connectivity index (χ4n) is 4.27. The predicted octanol–water partition coefficient (Wildman–Crippen LogP) is 5.08. The molecule has 1 atom stereocenters. The van der Waals surface area contributed by atoms with Gasteiger partial charge in [0.05, 0.1) is 40.8 Å². The highest BCUT2D eigenvalue weighted by molar-refractivity contribution is 7.22. The van der Waals surface area contributed by atoms with E-state index in [0.717, 1.165) is 21.3 Å². The van der Waals surface area contributed by atoms with Gasteiger partial charge in [0, 0.05) is 0 Å². The van der Waals surface area contributed by atoms with Gasteiger partial charge in [-0.3, -0.25) is 14.5 Å². The number of aliphatic hydroxyl groups is 1. The largest absolute Gasteiger partial charge is 0.503 e. The van der Waals surface area contributed by atoms with Gasteiger partial charge in [0.2, 0.25) is 5.78 Å². The molecule has 0 spiro atoms. The Morgan fingerprint density at radius 3 is 2.54 bits per heavy atom. The third-order valence-electron chi connectivity index (χ3n) is 5.87. The normalized spacial score (nSPS) is 15.8. The molecular weight excluding hydrogens is 468 g/mol. The summed E-state index contributed by atoms with van der Waals surface area (Å²) >= 11 is 1.30. The number of nitrogens with zero attached hydrogens (tertiary/aromatic N) is 2. The highest BCUT2D eigenvalue weighted by atomic mass is 32.1. The average molecular weight is 489 g/mol. The molecule has 0 fully saturated rings. The first-order valence-electron chi connectivity index (χ1n) is 10.7. The predicted molar refractivity (Wildman–Crippen MR) is 130 cm³/mol. The lowest BCUT2D eigenvalue weighted by molar-refractivity contribution is -0.117. The fraction of sp³-hybridized carbons (Fsp3) is 0.154. The molecule has 0 saturated carbocycles. The van der Waals surface area contributed by atoms with Crippen LogP contribution in [-0.2, 0) is 9.53 Å². The molecule has 0 radical (unpaired) electrons. The minimum absolute atomic E-state index is 0.00634. The Bertz CT molecular complexity index is 1520. The van der Waals surface area contributed by atoms with Crippen LogP contribution in [0.5, 0.6) is 0 Å². The first-order valence-corrected chi connectivity index (χ1v) is 11.5. The number of fused-ring (bicyclic) bond motifs is 1. The number of hydrogen-bond acceptors (Lipinski definition) is 8. The van der Waals surface area contributed by atoms with E-state index in [1.54, 1.807) is 30.3 Å². The lowest BCUT2D eigenvalue weighted by atomic mass is 9.94. The Labute approximate surface area is 204 Å². The first kappa shape index (κ1) is 22.5. The number of hydrogen-bond donors (Lipinski definition) is 1. The van der Waals surface area contributed by atoms with Crippen LogP contribution in [-0.4, -0.2) is 34.9 Å². The number of rotatable bonds is 5. The second-order valence-electron chi connectivity index (χ2n) is 8.18. The molecule has 2 aromatic carbocycles. The van der Waals surface area contributed by atoms with E-state index in [-0.39, 0.29) is 11.3 Å². The number of amides is 1. The number of thiazole rings is 1. The van der Waals surface area contributed by atoms with E-state index in [9.17, 15) is 19.5 Å². The maximum Gasteiger partial charge on any atom is 0.337 e. The summed E-state index contributed by atoms with van der Waals surface area (Å²) in [4.78, 5) is 44.6. The van der Waals surface area contributed by atoms with Gasteiger partial charge < -0.3 is 14.3 Å². The summed E-state index contributed by atoms with van der Waals surface area (Å²) in [5, 5.41) is 11.2. The van der Waals surface area contributed by atoms with Gasteiger partial charge in [-0.2, -0.15) is 0 Å². The molecule has 1 aliphatic heterocycles. The molecule has 0 unspecified atom stereocenters. The maximum atomic E-state index is 13.4. The number of aromatic nitrogens is 1. The number of ether oxygens (including phenoxy) is 1. The van der Waals surface area contributed by atoms with E-state index >= 15 is 0 Å². The summed E-state index contributed by atoms with van der Waals surface area (Å²) in [7, 11) is 1.28. The fourth-order valence-corrected chi connectivity index (χ4v) is 5.44.